The first-order chi connectivity index (χ1) is 8.71. The van der Waals surface area contributed by atoms with Crippen LogP contribution in [0.25, 0.3) is 0 Å². The van der Waals surface area contributed by atoms with Crippen molar-refractivity contribution in [1.29, 1.82) is 0 Å². The third-order valence-electron chi connectivity index (χ3n) is 4.89. The maximum absolute atomic E-state index is 3.71. The molecule has 0 amide bonds. The minimum absolute atomic E-state index is 0.219. The second kappa shape index (κ2) is 6.58. The molecule has 2 nitrogen and oxygen atoms in total. The summed E-state index contributed by atoms with van der Waals surface area (Å²) in [5.41, 5.74) is 0.608. The van der Waals surface area contributed by atoms with Gasteiger partial charge in [0.2, 0.25) is 0 Å². The molecule has 0 aromatic rings. The van der Waals surface area contributed by atoms with Crippen molar-refractivity contribution in [3.05, 3.63) is 0 Å². The first kappa shape index (κ1) is 17.0. The number of nitrogens with one attached hydrogen (secondary N) is 1. The number of hydrogen-bond donors (Lipinski definition) is 1. The van der Waals surface area contributed by atoms with E-state index >= 15 is 0 Å². The number of hydrogen-bond acceptors (Lipinski definition) is 2. The quantitative estimate of drug-likeness (QED) is 0.781. The van der Waals surface area contributed by atoms with Crippen molar-refractivity contribution in [1.82, 2.24) is 10.2 Å². The summed E-state index contributed by atoms with van der Waals surface area (Å²) in [6, 6.07) is 1.58. The lowest BCUT2D eigenvalue weighted by Crippen LogP contribution is -2.49. The molecular weight excluding hydrogens is 232 g/mol. The predicted molar refractivity (Wildman–Crippen MR) is 85.6 cm³/mol. The van der Waals surface area contributed by atoms with Crippen LogP contribution >= 0.6 is 0 Å². The number of likely N-dealkylation sites (tertiary alicyclic amines) is 1. The lowest BCUT2D eigenvalue weighted by molar-refractivity contribution is 0.107. The number of rotatable bonds is 6. The van der Waals surface area contributed by atoms with Crippen LogP contribution in [0.4, 0.5) is 0 Å². The molecule has 0 aromatic heterocycles. The molecule has 114 valence electrons. The highest BCUT2D eigenvalue weighted by Crippen LogP contribution is 2.32. The fourth-order valence-corrected chi connectivity index (χ4v) is 3.06. The molecule has 0 spiro atoms. The zero-order valence-corrected chi connectivity index (χ0v) is 14.3. The highest BCUT2D eigenvalue weighted by atomic mass is 15.2. The van der Waals surface area contributed by atoms with Crippen LogP contribution in [0, 0.1) is 5.41 Å². The van der Waals surface area contributed by atoms with Gasteiger partial charge in [0.05, 0.1) is 0 Å². The van der Waals surface area contributed by atoms with Crippen LogP contribution in [-0.4, -0.2) is 35.6 Å². The van der Waals surface area contributed by atoms with Gasteiger partial charge in [0.25, 0.3) is 0 Å². The van der Waals surface area contributed by atoms with Crippen LogP contribution in [0.15, 0.2) is 0 Å². The second-order valence-corrected chi connectivity index (χ2v) is 7.93. The lowest BCUT2D eigenvalue weighted by Gasteiger charge is -2.39. The van der Waals surface area contributed by atoms with Crippen LogP contribution in [0.3, 0.4) is 0 Å². The van der Waals surface area contributed by atoms with Crippen molar-refractivity contribution in [3.63, 3.8) is 0 Å². The molecule has 2 heteroatoms. The van der Waals surface area contributed by atoms with Crippen molar-refractivity contribution in [2.45, 2.75) is 91.8 Å². The highest BCUT2D eigenvalue weighted by molar-refractivity contribution is 4.90. The van der Waals surface area contributed by atoms with E-state index in [4.69, 9.17) is 0 Å². The first-order valence-corrected chi connectivity index (χ1v) is 8.21. The summed E-state index contributed by atoms with van der Waals surface area (Å²) in [5.74, 6) is 0. The van der Waals surface area contributed by atoms with Crippen LogP contribution in [0.5, 0.6) is 0 Å². The zero-order valence-electron chi connectivity index (χ0n) is 14.3. The van der Waals surface area contributed by atoms with Gasteiger partial charge in [-0.05, 0) is 58.8 Å². The van der Waals surface area contributed by atoms with Crippen LogP contribution < -0.4 is 5.32 Å². The van der Waals surface area contributed by atoms with Gasteiger partial charge >= 0.3 is 0 Å². The first-order valence-electron chi connectivity index (χ1n) is 8.21. The molecule has 0 saturated carbocycles. The maximum atomic E-state index is 3.71. The minimum atomic E-state index is 0.219. The molecule has 19 heavy (non-hydrogen) atoms. The van der Waals surface area contributed by atoms with Gasteiger partial charge in [-0.2, -0.15) is 0 Å². The minimum Gasteiger partial charge on any atom is -0.311 e. The normalized spacial score (nSPS) is 28.6. The molecular formula is C17H36N2. The Kier molecular flexibility index (Phi) is 5.88. The van der Waals surface area contributed by atoms with E-state index in [9.17, 15) is 0 Å². The standard InChI is InChI=1S/C17H36N2/c1-8-15-11-10-14(3)19(15)13-17(7,9-2)12-18-16(4,5)6/h14-15,18H,8-13H2,1-7H3. The molecule has 3 unspecified atom stereocenters. The Balaban J connectivity index is 2.63. The summed E-state index contributed by atoms with van der Waals surface area (Å²) in [4.78, 5) is 2.77. The Bertz CT molecular complexity index is 269. The van der Waals surface area contributed by atoms with Gasteiger partial charge < -0.3 is 5.32 Å². The Hall–Kier alpha value is -0.0800. The van der Waals surface area contributed by atoms with E-state index in [1.807, 2.05) is 0 Å². The summed E-state index contributed by atoms with van der Waals surface area (Å²) in [5, 5.41) is 3.71. The summed E-state index contributed by atoms with van der Waals surface area (Å²) < 4.78 is 0. The Morgan fingerprint density at radius 3 is 2.21 bits per heavy atom. The smallest absolute Gasteiger partial charge is 0.00967 e. The van der Waals surface area contributed by atoms with E-state index in [0.29, 0.717) is 5.41 Å². The molecule has 1 aliphatic rings. The highest BCUT2D eigenvalue weighted by Gasteiger charge is 2.35. The Morgan fingerprint density at radius 2 is 1.74 bits per heavy atom. The molecule has 0 aromatic carbocycles. The molecule has 0 aliphatic carbocycles. The average Bonchev–Trinajstić information content (AvgIpc) is 2.67. The summed E-state index contributed by atoms with van der Waals surface area (Å²) in [6.07, 6.45) is 5.32. The third-order valence-corrected chi connectivity index (χ3v) is 4.89. The van der Waals surface area contributed by atoms with Crippen molar-refractivity contribution >= 4 is 0 Å². The topological polar surface area (TPSA) is 15.3 Å². The summed E-state index contributed by atoms with van der Waals surface area (Å²) in [7, 11) is 0. The third kappa shape index (κ3) is 5.07. The van der Waals surface area contributed by atoms with Crippen molar-refractivity contribution in [2.75, 3.05) is 13.1 Å². The van der Waals surface area contributed by atoms with Gasteiger partial charge in [0.15, 0.2) is 0 Å². The van der Waals surface area contributed by atoms with Crippen LogP contribution in [0.2, 0.25) is 0 Å². The van der Waals surface area contributed by atoms with E-state index in [1.54, 1.807) is 0 Å². The molecule has 1 aliphatic heterocycles. The van der Waals surface area contributed by atoms with Gasteiger partial charge in [0.1, 0.15) is 0 Å². The van der Waals surface area contributed by atoms with Crippen molar-refractivity contribution in [2.24, 2.45) is 5.41 Å². The van der Waals surface area contributed by atoms with E-state index in [-0.39, 0.29) is 5.54 Å². The average molecular weight is 268 g/mol. The predicted octanol–water partition coefficient (Wildman–Crippen LogP) is 4.05. The second-order valence-electron chi connectivity index (χ2n) is 7.93. The zero-order chi connectivity index (χ0) is 14.7. The summed E-state index contributed by atoms with van der Waals surface area (Å²) >= 11 is 0. The fraction of sp³-hybridized carbons (Fsp3) is 1.00. The lowest BCUT2D eigenvalue weighted by atomic mass is 9.85. The molecule has 3 atom stereocenters. The summed E-state index contributed by atoms with van der Waals surface area (Å²) in [6.45, 7) is 18.7. The largest absolute Gasteiger partial charge is 0.311 e. The molecule has 0 bridgehead atoms. The van der Waals surface area contributed by atoms with Gasteiger partial charge in [0, 0.05) is 30.7 Å². The Morgan fingerprint density at radius 1 is 1.11 bits per heavy atom. The molecule has 0 radical (unpaired) electrons. The fourth-order valence-electron chi connectivity index (χ4n) is 3.06. The maximum Gasteiger partial charge on any atom is 0.00967 e. The molecule has 1 N–H and O–H groups in total. The van der Waals surface area contributed by atoms with E-state index in [0.717, 1.165) is 18.6 Å². The molecule has 1 saturated heterocycles. The monoisotopic (exact) mass is 268 g/mol. The van der Waals surface area contributed by atoms with E-state index in [2.05, 4.69) is 58.7 Å². The van der Waals surface area contributed by atoms with Crippen LogP contribution in [-0.2, 0) is 0 Å². The van der Waals surface area contributed by atoms with Crippen molar-refractivity contribution in [3.8, 4) is 0 Å². The molecule has 1 fully saturated rings. The van der Waals surface area contributed by atoms with E-state index in [1.165, 1.54) is 32.2 Å². The van der Waals surface area contributed by atoms with Crippen molar-refractivity contribution < 1.29 is 0 Å². The Labute approximate surface area is 121 Å². The number of nitrogens with zero attached hydrogens (tertiary/aromatic N) is 1. The molecule has 1 heterocycles. The van der Waals surface area contributed by atoms with Gasteiger partial charge in [-0.3, -0.25) is 4.90 Å². The van der Waals surface area contributed by atoms with Gasteiger partial charge in [-0.1, -0.05) is 20.8 Å². The van der Waals surface area contributed by atoms with Crippen LogP contribution in [0.1, 0.15) is 74.1 Å². The van der Waals surface area contributed by atoms with Gasteiger partial charge in [-0.25, -0.2) is 0 Å². The molecule has 1 rings (SSSR count). The van der Waals surface area contributed by atoms with Gasteiger partial charge in [-0.15, -0.1) is 0 Å². The van der Waals surface area contributed by atoms with E-state index < -0.39 is 0 Å². The SMILES string of the molecule is CCC1CCC(C)N1CC(C)(CC)CNC(C)(C)C.